The zero-order valence-corrected chi connectivity index (χ0v) is 11.2. The molecule has 1 unspecified atom stereocenters. The van der Waals surface area contributed by atoms with Crippen molar-refractivity contribution in [3.63, 3.8) is 0 Å². The SMILES string of the molecule is CC(C)C(C)N(C)Cc1ccc(F)cc1CN. The molecular formula is C14H23FN2. The quantitative estimate of drug-likeness (QED) is 0.854. The Labute approximate surface area is 104 Å². The van der Waals surface area contributed by atoms with E-state index in [-0.39, 0.29) is 5.82 Å². The van der Waals surface area contributed by atoms with E-state index in [2.05, 4.69) is 32.7 Å². The minimum absolute atomic E-state index is 0.214. The maximum Gasteiger partial charge on any atom is 0.123 e. The standard InChI is InChI=1S/C14H23FN2/c1-10(2)11(3)17(4)9-12-5-6-14(15)7-13(12)8-16/h5-7,10-11H,8-9,16H2,1-4H3. The van der Waals surface area contributed by atoms with Gasteiger partial charge in [0.05, 0.1) is 0 Å². The Morgan fingerprint density at radius 3 is 2.41 bits per heavy atom. The molecule has 0 saturated carbocycles. The van der Waals surface area contributed by atoms with Crippen molar-refractivity contribution in [1.29, 1.82) is 0 Å². The van der Waals surface area contributed by atoms with Crippen LogP contribution in [0, 0.1) is 11.7 Å². The topological polar surface area (TPSA) is 29.3 Å². The van der Waals surface area contributed by atoms with Crippen LogP contribution in [-0.2, 0) is 13.1 Å². The lowest BCUT2D eigenvalue weighted by Gasteiger charge is -2.28. The molecule has 0 saturated heterocycles. The summed E-state index contributed by atoms with van der Waals surface area (Å²) in [6, 6.07) is 5.36. The molecular weight excluding hydrogens is 215 g/mol. The molecule has 0 aliphatic heterocycles. The van der Waals surface area contributed by atoms with Crippen molar-refractivity contribution in [2.45, 2.75) is 39.9 Å². The van der Waals surface area contributed by atoms with E-state index in [4.69, 9.17) is 5.73 Å². The highest BCUT2D eigenvalue weighted by Gasteiger charge is 2.14. The van der Waals surface area contributed by atoms with Gasteiger partial charge >= 0.3 is 0 Å². The van der Waals surface area contributed by atoms with Crippen molar-refractivity contribution >= 4 is 0 Å². The third-order valence-electron chi connectivity index (χ3n) is 3.47. The highest BCUT2D eigenvalue weighted by Crippen LogP contribution is 2.16. The molecule has 1 rings (SSSR count). The summed E-state index contributed by atoms with van der Waals surface area (Å²) in [7, 11) is 2.09. The van der Waals surface area contributed by atoms with E-state index in [1.54, 1.807) is 0 Å². The van der Waals surface area contributed by atoms with Gasteiger partial charge < -0.3 is 5.73 Å². The van der Waals surface area contributed by atoms with Crippen molar-refractivity contribution in [2.24, 2.45) is 11.7 Å². The molecule has 1 aromatic carbocycles. The predicted molar refractivity (Wildman–Crippen MR) is 70.1 cm³/mol. The summed E-state index contributed by atoms with van der Waals surface area (Å²) in [6.07, 6.45) is 0. The zero-order chi connectivity index (χ0) is 13.0. The molecule has 0 radical (unpaired) electrons. The fourth-order valence-electron chi connectivity index (χ4n) is 1.86. The average Bonchev–Trinajstić information content (AvgIpc) is 2.30. The number of benzene rings is 1. The molecule has 1 atom stereocenters. The van der Waals surface area contributed by atoms with E-state index >= 15 is 0 Å². The van der Waals surface area contributed by atoms with E-state index in [0.717, 1.165) is 17.7 Å². The van der Waals surface area contributed by atoms with Crippen molar-refractivity contribution in [3.8, 4) is 0 Å². The van der Waals surface area contributed by atoms with Gasteiger partial charge in [0.15, 0.2) is 0 Å². The van der Waals surface area contributed by atoms with Crippen LogP contribution < -0.4 is 5.73 Å². The molecule has 96 valence electrons. The first-order valence-electron chi connectivity index (χ1n) is 6.13. The lowest BCUT2D eigenvalue weighted by molar-refractivity contribution is 0.200. The molecule has 2 N–H and O–H groups in total. The van der Waals surface area contributed by atoms with Crippen molar-refractivity contribution < 1.29 is 4.39 Å². The molecule has 0 fully saturated rings. The van der Waals surface area contributed by atoms with Crippen LogP contribution in [-0.4, -0.2) is 18.0 Å². The first-order chi connectivity index (χ1) is 7.95. The minimum atomic E-state index is -0.214. The third kappa shape index (κ3) is 3.79. The molecule has 1 aromatic rings. The lowest BCUT2D eigenvalue weighted by Crippen LogP contribution is -2.33. The number of hydrogen-bond acceptors (Lipinski definition) is 2. The second kappa shape index (κ2) is 6.12. The molecule has 2 nitrogen and oxygen atoms in total. The Morgan fingerprint density at radius 1 is 1.24 bits per heavy atom. The van der Waals surface area contributed by atoms with Gasteiger partial charge in [-0.1, -0.05) is 19.9 Å². The van der Waals surface area contributed by atoms with Crippen LogP contribution in [0.3, 0.4) is 0 Å². The smallest absolute Gasteiger partial charge is 0.123 e. The van der Waals surface area contributed by atoms with Gasteiger partial charge in [-0.2, -0.15) is 0 Å². The van der Waals surface area contributed by atoms with Crippen molar-refractivity contribution in [2.75, 3.05) is 7.05 Å². The Kier molecular flexibility index (Phi) is 5.09. The van der Waals surface area contributed by atoms with Crippen molar-refractivity contribution in [1.82, 2.24) is 4.90 Å². The minimum Gasteiger partial charge on any atom is -0.326 e. The van der Waals surface area contributed by atoms with Gasteiger partial charge in [-0.3, -0.25) is 4.90 Å². The normalized spacial score (nSPS) is 13.4. The van der Waals surface area contributed by atoms with Gasteiger partial charge in [0, 0.05) is 19.1 Å². The van der Waals surface area contributed by atoms with E-state index in [1.165, 1.54) is 12.1 Å². The Balaban J connectivity index is 2.80. The highest BCUT2D eigenvalue weighted by atomic mass is 19.1. The van der Waals surface area contributed by atoms with Crippen LogP contribution >= 0.6 is 0 Å². The van der Waals surface area contributed by atoms with Gasteiger partial charge in [-0.05, 0) is 43.1 Å². The fourth-order valence-corrected chi connectivity index (χ4v) is 1.86. The van der Waals surface area contributed by atoms with Crippen LogP contribution in [0.15, 0.2) is 18.2 Å². The van der Waals surface area contributed by atoms with Crippen LogP contribution in [0.2, 0.25) is 0 Å². The first kappa shape index (κ1) is 14.1. The summed E-state index contributed by atoms with van der Waals surface area (Å²) in [5.74, 6) is 0.385. The summed E-state index contributed by atoms with van der Waals surface area (Å²) in [4.78, 5) is 2.27. The number of nitrogens with two attached hydrogens (primary N) is 1. The van der Waals surface area contributed by atoms with Gasteiger partial charge in [0.25, 0.3) is 0 Å². The number of hydrogen-bond donors (Lipinski definition) is 1. The molecule has 0 aliphatic rings. The monoisotopic (exact) mass is 238 g/mol. The molecule has 0 aliphatic carbocycles. The Hall–Kier alpha value is -0.930. The largest absolute Gasteiger partial charge is 0.326 e. The van der Waals surface area contributed by atoms with Crippen molar-refractivity contribution in [3.05, 3.63) is 35.1 Å². The van der Waals surface area contributed by atoms with E-state index in [0.29, 0.717) is 18.5 Å². The second-order valence-corrected chi connectivity index (χ2v) is 5.02. The van der Waals surface area contributed by atoms with Gasteiger partial charge in [0.1, 0.15) is 5.82 Å². The van der Waals surface area contributed by atoms with Gasteiger partial charge in [0.2, 0.25) is 0 Å². The van der Waals surface area contributed by atoms with E-state index in [9.17, 15) is 4.39 Å². The molecule has 0 spiro atoms. The number of halogens is 1. The highest BCUT2D eigenvalue weighted by molar-refractivity contribution is 5.27. The molecule has 0 amide bonds. The molecule has 0 aromatic heterocycles. The maximum atomic E-state index is 13.1. The van der Waals surface area contributed by atoms with Crippen LogP contribution in [0.4, 0.5) is 4.39 Å². The summed E-state index contributed by atoms with van der Waals surface area (Å²) >= 11 is 0. The molecule has 0 bridgehead atoms. The number of rotatable bonds is 5. The van der Waals surface area contributed by atoms with E-state index in [1.807, 2.05) is 6.07 Å². The van der Waals surface area contributed by atoms with Gasteiger partial charge in [-0.25, -0.2) is 4.39 Å². The van der Waals surface area contributed by atoms with E-state index < -0.39 is 0 Å². The summed E-state index contributed by atoms with van der Waals surface area (Å²) in [6.45, 7) is 7.81. The summed E-state index contributed by atoms with van der Waals surface area (Å²) in [5, 5.41) is 0. The Morgan fingerprint density at radius 2 is 1.88 bits per heavy atom. The molecule has 17 heavy (non-hydrogen) atoms. The summed E-state index contributed by atoms with van der Waals surface area (Å²) < 4.78 is 13.1. The first-order valence-corrected chi connectivity index (χ1v) is 6.13. The molecule has 0 heterocycles. The number of nitrogens with zero attached hydrogens (tertiary/aromatic N) is 1. The maximum absolute atomic E-state index is 13.1. The average molecular weight is 238 g/mol. The van der Waals surface area contributed by atoms with Crippen LogP contribution in [0.25, 0.3) is 0 Å². The van der Waals surface area contributed by atoms with Crippen LogP contribution in [0.1, 0.15) is 31.9 Å². The summed E-state index contributed by atoms with van der Waals surface area (Å²) in [5.41, 5.74) is 7.66. The zero-order valence-electron chi connectivity index (χ0n) is 11.2. The lowest BCUT2D eigenvalue weighted by atomic mass is 10.0. The third-order valence-corrected chi connectivity index (χ3v) is 3.47. The molecule has 3 heteroatoms. The Bertz CT molecular complexity index is 363. The van der Waals surface area contributed by atoms with Gasteiger partial charge in [-0.15, -0.1) is 0 Å². The predicted octanol–water partition coefficient (Wildman–Crippen LogP) is 2.76. The second-order valence-electron chi connectivity index (χ2n) is 5.02. The fraction of sp³-hybridized carbons (Fsp3) is 0.571. The van der Waals surface area contributed by atoms with Crippen LogP contribution in [0.5, 0.6) is 0 Å².